The molecule has 3 heteroatoms. The molecule has 1 aromatic carbocycles. The van der Waals surface area contributed by atoms with Crippen LogP contribution in [0, 0.1) is 0 Å². The molecule has 0 aromatic heterocycles. The Morgan fingerprint density at radius 2 is 1.82 bits per heavy atom. The van der Waals surface area contributed by atoms with Crippen LogP contribution in [0.1, 0.15) is 31.9 Å². The van der Waals surface area contributed by atoms with Crippen molar-refractivity contribution in [2.24, 2.45) is 0 Å². The lowest BCUT2D eigenvalue weighted by Crippen LogP contribution is -2.47. The fraction of sp³-hybridized carbons (Fsp3) is 0.500. The highest BCUT2D eigenvalue weighted by molar-refractivity contribution is 5.77. The van der Waals surface area contributed by atoms with Crippen LogP contribution in [0.4, 0.5) is 0 Å². The summed E-state index contributed by atoms with van der Waals surface area (Å²) >= 11 is 0. The predicted octanol–water partition coefficient (Wildman–Crippen LogP) is 2.54. The summed E-state index contributed by atoms with van der Waals surface area (Å²) in [5, 5.41) is 9.17. The number of carboxylic acids is 1. The molecule has 0 saturated carbocycles. The molecule has 3 nitrogen and oxygen atoms in total. The topological polar surface area (TPSA) is 40.5 Å². The smallest absolute Gasteiger partial charge is 0.323 e. The monoisotopic (exact) mass is 235 g/mol. The first-order chi connectivity index (χ1) is 7.89. The maximum absolute atomic E-state index is 11.2. The third-order valence-electron chi connectivity index (χ3n) is 3.38. The summed E-state index contributed by atoms with van der Waals surface area (Å²) in [6.45, 7) is 6.22. The van der Waals surface area contributed by atoms with E-state index in [1.54, 1.807) is 13.8 Å². The van der Waals surface area contributed by atoms with Gasteiger partial charge >= 0.3 is 5.97 Å². The average molecular weight is 235 g/mol. The van der Waals surface area contributed by atoms with Crippen LogP contribution in [0.2, 0.25) is 0 Å². The Hall–Kier alpha value is -1.35. The van der Waals surface area contributed by atoms with Crippen molar-refractivity contribution in [2.75, 3.05) is 7.05 Å². The molecular weight excluding hydrogens is 214 g/mol. The van der Waals surface area contributed by atoms with Crippen molar-refractivity contribution < 1.29 is 9.90 Å². The number of rotatable bonds is 5. The Labute approximate surface area is 103 Å². The summed E-state index contributed by atoms with van der Waals surface area (Å²) in [5.41, 5.74) is 1.63. The fourth-order valence-electron chi connectivity index (χ4n) is 1.67. The molecule has 0 aliphatic rings. The van der Waals surface area contributed by atoms with E-state index in [-0.39, 0.29) is 0 Å². The molecule has 1 aromatic rings. The minimum Gasteiger partial charge on any atom is -0.480 e. The molecule has 0 amide bonds. The van der Waals surface area contributed by atoms with Gasteiger partial charge in [-0.25, -0.2) is 0 Å². The fourth-order valence-corrected chi connectivity index (χ4v) is 1.67. The van der Waals surface area contributed by atoms with E-state index in [4.69, 9.17) is 0 Å². The van der Waals surface area contributed by atoms with Crippen LogP contribution in [0.15, 0.2) is 24.3 Å². The van der Waals surface area contributed by atoms with Gasteiger partial charge in [0.15, 0.2) is 0 Å². The second-order valence-corrected chi connectivity index (χ2v) is 4.84. The molecule has 0 aliphatic heterocycles. The van der Waals surface area contributed by atoms with Gasteiger partial charge in [0.1, 0.15) is 5.54 Å². The molecule has 17 heavy (non-hydrogen) atoms. The molecule has 0 saturated heterocycles. The van der Waals surface area contributed by atoms with Gasteiger partial charge in [0.25, 0.3) is 0 Å². The molecule has 0 unspecified atom stereocenters. The van der Waals surface area contributed by atoms with Gasteiger partial charge in [0.2, 0.25) is 0 Å². The lowest BCUT2D eigenvalue weighted by molar-refractivity contribution is -0.148. The van der Waals surface area contributed by atoms with E-state index >= 15 is 0 Å². The number of carbonyl (C=O) groups is 1. The van der Waals surface area contributed by atoms with E-state index in [2.05, 4.69) is 19.1 Å². The summed E-state index contributed by atoms with van der Waals surface area (Å²) in [6, 6.07) is 8.17. The van der Waals surface area contributed by atoms with Crippen molar-refractivity contribution in [3.8, 4) is 0 Å². The quantitative estimate of drug-likeness (QED) is 0.852. The highest BCUT2D eigenvalue weighted by Crippen LogP contribution is 2.18. The Morgan fingerprint density at radius 1 is 1.29 bits per heavy atom. The van der Waals surface area contributed by atoms with Crippen LogP contribution in [0.5, 0.6) is 0 Å². The molecular formula is C14H21NO2. The lowest BCUT2D eigenvalue weighted by atomic mass is 10.0. The number of likely N-dealkylation sites (N-methyl/N-ethyl adjacent to an activating group) is 1. The van der Waals surface area contributed by atoms with Crippen molar-refractivity contribution in [3.63, 3.8) is 0 Å². The normalized spacial score (nSPS) is 11.8. The average Bonchev–Trinajstić information content (AvgIpc) is 2.29. The molecule has 1 N–H and O–H groups in total. The van der Waals surface area contributed by atoms with E-state index in [0.29, 0.717) is 6.54 Å². The van der Waals surface area contributed by atoms with Crippen molar-refractivity contribution >= 4 is 5.97 Å². The first-order valence-electron chi connectivity index (χ1n) is 5.91. The van der Waals surface area contributed by atoms with Crippen LogP contribution >= 0.6 is 0 Å². The minimum absolute atomic E-state index is 0.656. The Balaban J connectivity index is 2.88. The van der Waals surface area contributed by atoms with Gasteiger partial charge in [0.05, 0.1) is 0 Å². The van der Waals surface area contributed by atoms with Crippen LogP contribution in [-0.2, 0) is 17.8 Å². The number of hydrogen-bond acceptors (Lipinski definition) is 2. The van der Waals surface area contributed by atoms with E-state index in [9.17, 15) is 9.90 Å². The maximum atomic E-state index is 11.2. The van der Waals surface area contributed by atoms with Gasteiger partial charge in [-0.05, 0) is 38.4 Å². The standard InChI is InChI=1S/C14H21NO2/c1-5-11-8-6-7-9-12(11)10-15(4)14(2,3)13(16)17/h6-9H,5,10H2,1-4H3,(H,16,17). The maximum Gasteiger partial charge on any atom is 0.323 e. The number of aliphatic carboxylic acids is 1. The first kappa shape index (κ1) is 13.7. The van der Waals surface area contributed by atoms with Gasteiger partial charge in [-0.1, -0.05) is 31.2 Å². The van der Waals surface area contributed by atoms with Crippen LogP contribution in [0.3, 0.4) is 0 Å². The van der Waals surface area contributed by atoms with Gasteiger partial charge < -0.3 is 5.11 Å². The van der Waals surface area contributed by atoms with Gasteiger partial charge in [0, 0.05) is 6.54 Å². The summed E-state index contributed by atoms with van der Waals surface area (Å²) in [4.78, 5) is 13.0. The zero-order valence-electron chi connectivity index (χ0n) is 11.0. The van der Waals surface area contributed by atoms with E-state index in [1.807, 2.05) is 24.1 Å². The zero-order chi connectivity index (χ0) is 13.1. The van der Waals surface area contributed by atoms with Crippen LogP contribution in [0.25, 0.3) is 0 Å². The summed E-state index contributed by atoms with van der Waals surface area (Å²) < 4.78 is 0. The summed E-state index contributed by atoms with van der Waals surface area (Å²) in [5.74, 6) is -0.797. The largest absolute Gasteiger partial charge is 0.480 e. The Bertz CT molecular complexity index is 399. The number of nitrogens with zero attached hydrogens (tertiary/aromatic N) is 1. The SMILES string of the molecule is CCc1ccccc1CN(C)C(C)(C)C(=O)O. The zero-order valence-corrected chi connectivity index (χ0v) is 11.0. The first-order valence-corrected chi connectivity index (χ1v) is 5.91. The molecule has 0 spiro atoms. The Kier molecular flexibility index (Phi) is 4.29. The minimum atomic E-state index is -0.846. The number of carboxylic acid groups (broad SMARTS) is 1. The third kappa shape index (κ3) is 3.07. The number of benzene rings is 1. The molecule has 0 atom stereocenters. The summed E-state index contributed by atoms with van der Waals surface area (Å²) in [7, 11) is 1.85. The van der Waals surface area contributed by atoms with Crippen LogP contribution < -0.4 is 0 Å². The molecule has 0 bridgehead atoms. The van der Waals surface area contributed by atoms with Crippen molar-refractivity contribution in [2.45, 2.75) is 39.3 Å². The second-order valence-electron chi connectivity index (χ2n) is 4.84. The van der Waals surface area contributed by atoms with Crippen LogP contribution in [-0.4, -0.2) is 28.6 Å². The molecule has 0 radical (unpaired) electrons. The molecule has 1 rings (SSSR count). The van der Waals surface area contributed by atoms with Crippen molar-refractivity contribution in [1.29, 1.82) is 0 Å². The molecule has 0 fully saturated rings. The van der Waals surface area contributed by atoms with Crippen molar-refractivity contribution in [3.05, 3.63) is 35.4 Å². The highest BCUT2D eigenvalue weighted by atomic mass is 16.4. The number of aryl methyl sites for hydroxylation is 1. The van der Waals surface area contributed by atoms with Crippen molar-refractivity contribution in [1.82, 2.24) is 4.90 Å². The van der Waals surface area contributed by atoms with E-state index < -0.39 is 11.5 Å². The van der Waals surface area contributed by atoms with E-state index in [1.165, 1.54) is 11.1 Å². The summed E-state index contributed by atoms with van der Waals surface area (Å²) in [6.07, 6.45) is 0.970. The lowest BCUT2D eigenvalue weighted by Gasteiger charge is -2.32. The predicted molar refractivity (Wildman–Crippen MR) is 69.0 cm³/mol. The second kappa shape index (κ2) is 5.32. The molecule has 0 heterocycles. The molecule has 94 valence electrons. The number of hydrogen-bond donors (Lipinski definition) is 1. The van der Waals surface area contributed by atoms with Gasteiger partial charge in [-0.15, -0.1) is 0 Å². The van der Waals surface area contributed by atoms with E-state index in [0.717, 1.165) is 6.42 Å². The highest BCUT2D eigenvalue weighted by Gasteiger charge is 2.31. The third-order valence-corrected chi connectivity index (χ3v) is 3.38. The van der Waals surface area contributed by atoms with Gasteiger partial charge in [-0.2, -0.15) is 0 Å². The Morgan fingerprint density at radius 3 is 2.29 bits per heavy atom. The van der Waals surface area contributed by atoms with Gasteiger partial charge in [-0.3, -0.25) is 9.69 Å². The molecule has 0 aliphatic carbocycles.